The summed E-state index contributed by atoms with van der Waals surface area (Å²) in [5.74, 6) is 1.48. The SMILES string of the molecule is CCN(CCC(=O)Nc1ccccc1)Cc1ccc(OCc2cccs2)c(OC)c1. The standard InChI is InChI=1S/C24H28N2O3S/c1-3-26(14-13-24(27)25-20-8-5-4-6-9-20)17-19-11-12-22(23(16-19)28-2)29-18-21-10-7-15-30-21/h4-12,15-16H,3,13-14,17-18H2,1-2H3,(H,25,27). The second-order valence-electron chi connectivity index (χ2n) is 6.89. The van der Waals surface area contributed by atoms with Crippen molar-refractivity contribution in [2.45, 2.75) is 26.5 Å². The van der Waals surface area contributed by atoms with Gasteiger partial charge < -0.3 is 14.8 Å². The third-order valence-corrected chi connectivity index (χ3v) is 5.59. The number of carbonyl (C=O) groups is 1. The van der Waals surface area contributed by atoms with Crippen molar-refractivity contribution >= 4 is 22.9 Å². The molecule has 30 heavy (non-hydrogen) atoms. The van der Waals surface area contributed by atoms with Gasteiger partial charge in [0.2, 0.25) is 5.91 Å². The molecule has 0 atom stereocenters. The van der Waals surface area contributed by atoms with Gasteiger partial charge in [-0.05, 0) is 47.8 Å². The molecule has 0 saturated heterocycles. The molecule has 0 aliphatic rings. The molecule has 158 valence electrons. The molecule has 1 heterocycles. The summed E-state index contributed by atoms with van der Waals surface area (Å²) in [6, 6.07) is 19.6. The number of hydrogen-bond donors (Lipinski definition) is 1. The molecule has 1 amide bonds. The highest BCUT2D eigenvalue weighted by atomic mass is 32.1. The van der Waals surface area contributed by atoms with Gasteiger partial charge in [-0.3, -0.25) is 9.69 Å². The molecular formula is C24H28N2O3S. The topological polar surface area (TPSA) is 50.8 Å². The summed E-state index contributed by atoms with van der Waals surface area (Å²) < 4.78 is 11.4. The summed E-state index contributed by atoms with van der Waals surface area (Å²) in [6.07, 6.45) is 0.446. The van der Waals surface area contributed by atoms with Gasteiger partial charge in [-0.1, -0.05) is 37.3 Å². The summed E-state index contributed by atoms with van der Waals surface area (Å²) in [6.45, 7) is 4.93. The monoisotopic (exact) mass is 424 g/mol. The first-order chi connectivity index (χ1) is 14.7. The fraction of sp³-hybridized carbons (Fsp3) is 0.292. The van der Waals surface area contributed by atoms with Gasteiger partial charge in [0, 0.05) is 30.1 Å². The minimum atomic E-state index is 0.0227. The number of rotatable bonds is 11. The van der Waals surface area contributed by atoms with Crippen molar-refractivity contribution in [2.75, 3.05) is 25.5 Å². The number of methoxy groups -OCH3 is 1. The molecule has 0 spiro atoms. The maximum absolute atomic E-state index is 12.2. The van der Waals surface area contributed by atoms with E-state index in [9.17, 15) is 4.79 Å². The van der Waals surface area contributed by atoms with Gasteiger partial charge in [-0.2, -0.15) is 0 Å². The van der Waals surface area contributed by atoms with Crippen molar-refractivity contribution in [1.29, 1.82) is 0 Å². The minimum Gasteiger partial charge on any atom is -0.493 e. The van der Waals surface area contributed by atoms with Crippen molar-refractivity contribution in [1.82, 2.24) is 4.90 Å². The van der Waals surface area contributed by atoms with Crippen molar-refractivity contribution < 1.29 is 14.3 Å². The van der Waals surface area contributed by atoms with E-state index >= 15 is 0 Å². The lowest BCUT2D eigenvalue weighted by molar-refractivity contribution is -0.116. The highest BCUT2D eigenvalue weighted by Crippen LogP contribution is 2.29. The number of amides is 1. The van der Waals surface area contributed by atoms with Crippen molar-refractivity contribution in [3.05, 3.63) is 76.5 Å². The molecule has 0 bridgehead atoms. The molecular weight excluding hydrogens is 396 g/mol. The summed E-state index contributed by atoms with van der Waals surface area (Å²) in [7, 11) is 1.66. The number of hydrogen-bond acceptors (Lipinski definition) is 5. The molecule has 6 heteroatoms. The van der Waals surface area contributed by atoms with Gasteiger partial charge in [0.15, 0.2) is 11.5 Å². The summed E-state index contributed by atoms with van der Waals surface area (Å²) in [4.78, 5) is 15.6. The number of nitrogens with one attached hydrogen (secondary N) is 1. The van der Waals surface area contributed by atoms with Crippen molar-refractivity contribution in [2.24, 2.45) is 0 Å². The Kier molecular flexibility index (Phi) is 8.30. The first-order valence-corrected chi connectivity index (χ1v) is 10.9. The molecule has 0 unspecified atom stereocenters. The van der Waals surface area contributed by atoms with E-state index < -0.39 is 0 Å². The van der Waals surface area contributed by atoms with Crippen LogP contribution in [-0.2, 0) is 17.9 Å². The Hall–Kier alpha value is -2.83. The molecule has 3 rings (SSSR count). The van der Waals surface area contributed by atoms with Crippen LogP contribution in [-0.4, -0.2) is 31.0 Å². The Balaban J connectivity index is 1.53. The van der Waals surface area contributed by atoms with E-state index in [0.717, 1.165) is 35.8 Å². The predicted octanol–water partition coefficient (Wildman–Crippen LogP) is 5.19. The summed E-state index contributed by atoms with van der Waals surface area (Å²) in [5.41, 5.74) is 1.95. The second-order valence-corrected chi connectivity index (χ2v) is 7.92. The summed E-state index contributed by atoms with van der Waals surface area (Å²) >= 11 is 1.67. The number of anilines is 1. The largest absolute Gasteiger partial charge is 0.493 e. The number of para-hydroxylation sites is 1. The molecule has 0 saturated carbocycles. The van der Waals surface area contributed by atoms with Gasteiger partial charge in [0.1, 0.15) is 6.61 Å². The van der Waals surface area contributed by atoms with Crippen LogP contribution in [0.25, 0.3) is 0 Å². The van der Waals surface area contributed by atoms with Gasteiger partial charge in [0.05, 0.1) is 7.11 Å². The highest BCUT2D eigenvalue weighted by Gasteiger charge is 2.11. The average Bonchev–Trinajstić information content (AvgIpc) is 3.30. The number of ether oxygens (including phenoxy) is 2. The van der Waals surface area contributed by atoms with Crippen molar-refractivity contribution in [3.8, 4) is 11.5 Å². The highest BCUT2D eigenvalue weighted by molar-refractivity contribution is 7.09. The van der Waals surface area contributed by atoms with Gasteiger partial charge >= 0.3 is 0 Å². The molecule has 0 fully saturated rings. The number of benzene rings is 2. The lowest BCUT2D eigenvalue weighted by Crippen LogP contribution is -2.27. The Labute approximate surface area is 182 Å². The molecule has 3 aromatic rings. The molecule has 1 N–H and O–H groups in total. The van der Waals surface area contributed by atoms with E-state index in [2.05, 4.69) is 29.3 Å². The first-order valence-electron chi connectivity index (χ1n) is 10.1. The minimum absolute atomic E-state index is 0.0227. The van der Waals surface area contributed by atoms with Gasteiger partial charge in [-0.15, -0.1) is 11.3 Å². The molecule has 0 aliphatic carbocycles. The number of carbonyl (C=O) groups excluding carboxylic acids is 1. The zero-order chi connectivity index (χ0) is 21.2. The van der Waals surface area contributed by atoms with E-state index in [1.807, 2.05) is 53.9 Å². The maximum Gasteiger partial charge on any atom is 0.225 e. The molecule has 5 nitrogen and oxygen atoms in total. The second kappa shape index (κ2) is 11.4. The average molecular weight is 425 g/mol. The number of thiophene rings is 1. The lowest BCUT2D eigenvalue weighted by atomic mass is 10.1. The molecule has 0 aliphatic heterocycles. The fourth-order valence-electron chi connectivity index (χ4n) is 3.08. The van der Waals surface area contributed by atoms with Crippen LogP contribution in [0.5, 0.6) is 11.5 Å². The molecule has 0 radical (unpaired) electrons. The third-order valence-electron chi connectivity index (χ3n) is 4.74. The van der Waals surface area contributed by atoms with Gasteiger partial charge in [0.25, 0.3) is 0 Å². The van der Waals surface area contributed by atoms with Crippen LogP contribution in [0.15, 0.2) is 66.0 Å². The van der Waals surface area contributed by atoms with E-state index in [0.29, 0.717) is 19.6 Å². The van der Waals surface area contributed by atoms with Crippen LogP contribution in [0, 0.1) is 0 Å². The fourth-order valence-corrected chi connectivity index (χ4v) is 3.70. The zero-order valence-electron chi connectivity index (χ0n) is 17.5. The summed E-state index contributed by atoms with van der Waals surface area (Å²) in [5, 5.41) is 4.98. The Morgan fingerprint density at radius 2 is 1.90 bits per heavy atom. The molecule has 1 aromatic heterocycles. The maximum atomic E-state index is 12.2. The Morgan fingerprint density at radius 3 is 2.60 bits per heavy atom. The van der Waals surface area contributed by atoms with Crippen LogP contribution in [0.4, 0.5) is 5.69 Å². The Morgan fingerprint density at radius 1 is 1.07 bits per heavy atom. The Bertz CT molecular complexity index is 913. The van der Waals surface area contributed by atoms with E-state index in [-0.39, 0.29) is 5.91 Å². The quantitative estimate of drug-likeness (QED) is 0.460. The predicted molar refractivity (Wildman–Crippen MR) is 122 cm³/mol. The zero-order valence-corrected chi connectivity index (χ0v) is 18.3. The lowest BCUT2D eigenvalue weighted by Gasteiger charge is -2.21. The third kappa shape index (κ3) is 6.61. The first kappa shape index (κ1) is 21.9. The van der Waals surface area contributed by atoms with Gasteiger partial charge in [-0.25, -0.2) is 0 Å². The normalized spacial score (nSPS) is 10.8. The van der Waals surface area contributed by atoms with E-state index in [4.69, 9.17) is 9.47 Å². The molecule has 2 aromatic carbocycles. The number of nitrogens with zero attached hydrogens (tertiary/aromatic N) is 1. The van der Waals surface area contributed by atoms with Crippen LogP contribution in [0.3, 0.4) is 0 Å². The van der Waals surface area contributed by atoms with Crippen LogP contribution >= 0.6 is 11.3 Å². The van der Waals surface area contributed by atoms with E-state index in [1.165, 1.54) is 4.88 Å². The van der Waals surface area contributed by atoms with E-state index in [1.54, 1.807) is 18.4 Å². The van der Waals surface area contributed by atoms with Crippen molar-refractivity contribution in [3.63, 3.8) is 0 Å². The van der Waals surface area contributed by atoms with Crippen LogP contribution in [0.1, 0.15) is 23.8 Å². The smallest absolute Gasteiger partial charge is 0.225 e. The van der Waals surface area contributed by atoms with Crippen LogP contribution in [0.2, 0.25) is 0 Å². The van der Waals surface area contributed by atoms with Crippen LogP contribution < -0.4 is 14.8 Å².